The van der Waals surface area contributed by atoms with E-state index in [0.29, 0.717) is 0 Å². The summed E-state index contributed by atoms with van der Waals surface area (Å²) in [6, 6.07) is 0. The Morgan fingerprint density at radius 2 is 1.65 bits per heavy atom. The third kappa shape index (κ3) is 2.13. The molecule has 0 amide bonds. The number of ether oxygens (including phenoxy) is 2. The van der Waals surface area contributed by atoms with E-state index in [4.69, 9.17) is 9.47 Å². The van der Waals surface area contributed by atoms with E-state index in [1.165, 1.54) is 0 Å². The van der Waals surface area contributed by atoms with E-state index in [2.05, 4.69) is 33.0 Å². The minimum Gasteiger partial charge on any atom is -0.381 e. The van der Waals surface area contributed by atoms with Crippen molar-refractivity contribution in [1.82, 2.24) is 5.32 Å². The molecular weight excluding hydrogens is 214 g/mol. The van der Waals surface area contributed by atoms with E-state index in [1.54, 1.807) is 0 Å². The molecule has 2 aliphatic rings. The largest absolute Gasteiger partial charge is 0.381 e. The summed E-state index contributed by atoms with van der Waals surface area (Å²) in [5.74, 6) is 0. The molecule has 0 aromatic rings. The monoisotopic (exact) mass is 241 g/mol. The van der Waals surface area contributed by atoms with Crippen LogP contribution >= 0.6 is 0 Å². The molecule has 2 fully saturated rings. The third-order valence-corrected chi connectivity index (χ3v) is 4.92. The van der Waals surface area contributed by atoms with Crippen molar-refractivity contribution in [2.45, 2.75) is 64.7 Å². The van der Waals surface area contributed by atoms with Gasteiger partial charge in [0.1, 0.15) is 5.72 Å². The first-order chi connectivity index (χ1) is 7.99. The summed E-state index contributed by atoms with van der Waals surface area (Å²) in [6.07, 6.45) is 4.12. The summed E-state index contributed by atoms with van der Waals surface area (Å²) < 4.78 is 12.1. The van der Waals surface area contributed by atoms with Gasteiger partial charge in [-0.2, -0.15) is 0 Å². The van der Waals surface area contributed by atoms with E-state index in [9.17, 15) is 0 Å². The smallest absolute Gasteiger partial charge is 0.124 e. The van der Waals surface area contributed by atoms with Crippen LogP contribution in [-0.2, 0) is 9.47 Å². The highest BCUT2D eigenvalue weighted by molar-refractivity contribution is 5.02. The molecule has 0 radical (unpaired) electrons. The molecule has 2 aliphatic heterocycles. The van der Waals surface area contributed by atoms with Gasteiger partial charge >= 0.3 is 0 Å². The Kier molecular flexibility index (Phi) is 3.54. The number of nitrogens with one attached hydrogen (secondary N) is 1. The van der Waals surface area contributed by atoms with Crippen LogP contribution in [0.5, 0.6) is 0 Å². The van der Waals surface area contributed by atoms with Gasteiger partial charge in [0.2, 0.25) is 0 Å². The predicted octanol–water partition coefficient (Wildman–Crippen LogP) is 2.70. The van der Waals surface area contributed by atoms with E-state index in [-0.39, 0.29) is 16.7 Å². The van der Waals surface area contributed by atoms with Crippen LogP contribution in [0.4, 0.5) is 0 Å². The molecule has 17 heavy (non-hydrogen) atoms. The molecule has 3 nitrogen and oxygen atoms in total. The van der Waals surface area contributed by atoms with E-state index < -0.39 is 0 Å². The van der Waals surface area contributed by atoms with Gasteiger partial charge in [-0.05, 0) is 12.8 Å². The van der Waals surface area contributed by atoms with Gasteiger partial charge in [-0.25, -0.2) is 0 Å². The zero-order valence-electron chi connectivity index (χ0n) is 11.8. The van der Waals surface area contributed by atoms with Gasteiger partial charge in [0.15, 0.2) is 0 Å². The molecule has 0 aromatic heterocycles. The zero-order valence-corrected chi connectivity index (χ0v) is 11.8. The van der Waals surface area contributed by atoms with Crippen molar-refractivity contribution in [1.29, 1.82) is 0 Å². The number of hydrogen-bond donors (Lipinski definition) is 1. The van der Waals surface area contributed by atoms with Crippen molar-refractivity contribution in [2.75, 3.05) is 19.8 Å². The van der Waals surface area contributed by atoms with Crippen LogP contribution in [0.3, 0.4) is 0 Å². The molecule has 1 spiro atoms. The summed E-state index contributed by atoms with van der Waals surface area (Å²) in [7, 11) is 0. The van der Waals surface area contributed by atoms with Crippen molar-refractivity contribution < 1.29 is 9.47 Å². The van der Waals surface area contributed by atoms with Crippen molar-refractivity contribution in [2.24, 2.45) is 5.41 Å². The maximum atomic E-state index is 6.62. The second-order valence-corrected chi connectivity index (χ2v) is 6.15. The third-order valence-electron chi connectivity index (χ3n) is 4.92. The molecule has 0 unspecified atom stereocenters. The van der Waals surface area contributed by atoms with Crippen LogP contribution in [0.15, 0.2) is 0 Å². The normalized spacial score (nSPS) is 30.4. The molecule has 1 N–H and O–H groups in total. The van der Waals surface area contributed by atoms with Crippen molar-refractivity contribution in [3.63, 3.8) is 0 Å². The average molecular weight is 241 g/mol. The van der Waals surface area contributed by atoms with Gasteiger partial charge in [0.05, 0.1) is 18.8 Å². The molecular formula is C14H27NO2. The first-order valence-electron chi connectivity index (χ1n) is 7.02. The SMILES string of the molecule is CCC1(CC)OC2(CCOCC2)NCC1(C)C. The summed E-state index contributed by atoms with van der Waals surface area (Å²) in [5.41, 5.74) is 0.0788. The first-order valence-corrected chi connectivity index (χ1v) is 7.02. The lowest BCUT2D eigenvalue weighted by atomic mass is 9.69. The Bertz CT molecular complexity index is 265. The maximum Gasteiger partial charge on any atom is 0.124 e. The van der Waals surface area contributed by atoms with Crippen LogP contribution < -0.4 is 5.32 Å². The van der Waals surface area contributed by atoms with E-state index >= 15 is 0 Å². The maximum absolute atomic E-state index is 6.62. The van der Waals surface area contributed by atoms with Gasteiger partial charge in [0, 0.05) is 24.8 Å². The lowest BCUT2D eigenvalue weighted by Crippen LogP contribution is -2.68. The summed E-state index contributed by atoms with van der Waals surface area (Å²) in [4.78, 5) is 0. The molecule has 0 aromatic carbocycles. The van der Waals surface area contributed by atoms with Gasteiger partial charge in [-0.3, -0.25) is 5.32 Å². The van der Waals surface area contributed by atoms with Gasteiger partial charge in [0.25, 0.3) is 0 Å². The van der Waals surface area contributed by atoms with Crippen LogP contribution in [0.25, 0.3) is 0 Å². The van der Waals surface area contributed by atoms with Gasteiger partial charge < -0.3 is 9.47 Å². The van der Waals surface area contributed by atoms with E-state index in [0.717, 1.165) is 45.4 Å². The Morgan fingerprint density at radius 3 is 2.18 bits per heavy atom. The van der Waals surface area contributed by atoms with Crippen molar-refractivity contribution in [3.8, 4) is 0 Å². The van der Waals surface area contributed by atoms with Crippen molar-refractivity contribution >= 4 is 0 Å². The molecule has 100 valence electrons. The Morgan fingerprint density at radius 1 is 1.06 bits per heavy atom. The minimum atomic E-state index is -0.125. The lowest BCUT2D eigenvalue weighted by molar-refractivity contribution is -0.273. The lowest BCUT2D eigenvalue weighted by Gasteiger charge is -2.58. The second-order valence-electron chi connectivity index (χ2n) is 6.15. The second kappa shape index (κ2) is 4.52. The zero-order chi connectivity index (χ0) is 12.6. The summed E-state index contributed by atoms with van der Waals surface area (Å²) >= 11 is 0. The average Bonchev–Trinajstić information content (AvgIpc) is 2.34. The number of rotatable bonds is 2. The minimum absolute atomic E-state index is 0.00951. The highest BCUT2D eigenvalue weighted by atomic mass is 16.6. The van der Waals surface area contributed by atoms with Gasteiger partial charge in [-0.1, -0.05) is 27.7 Å². The highest BCUT2D eigenvalue weighted by Crippen LogP contribution is 2.47. The predicted molar refractivity (Wildman–Crippen MR) is 69.0 cm³/mol. The molecule has 0 saturated carbocycles. The topological polar surface area (TPSA) is 30.5 Å². The molecule has 2 rings (SSSR count). The summed E-state index contributed by atoms with van der Waals surface area (Å²) in [5, 5.41) is 3.65. The summed E-state index contributed by atoms with van der Waals surface area (Å²) in [6.45, 7) is 11.8. The van der Waals surface area contributed by atoms with Crippen LogP contribution in [0.1, 0.15) is 53.4 Å². The highest BCUT2D eigenvalue weighted by Gasteiger charge is 2.53. The molecule has 0 atom stereocenters. The van der Waals surface area contributed by atoms with Crippen LogP contribution in [-0.4, -0.2) is 31.1 Å². The fourth-order valence-electron chi connectivity index (χ4n) is 3.42. The molecule has 0 aliphatic carbocycles. The fourth-order valence-corrected chi connectivity index (χ4v) is 3.42. The fraction of sp³-hybridized carbons (Fsp3) is 1.00. The molecule has 3 heteroatoms. The first kappa shape index (κ1) is 13.3. The Balaban J connectivity index is 2.22. The quantitative estimate of drug-likeness (QED) is 0.806. The number of hydrogen-bond acceptors (Lipinski definition) is 3. The van der Waals surface area contributed by atoms with E-state index in [1.807, 2.05) is 0 Å². The van der Waals surface area contributed by atoms with Crippen LogP contribution in [0.2, 0.25) is 0 Å². The molecule has 2 heterocycles. The molecule has 0 bridgehead atoms. The van der Waals surface area contributed by atoms with Crippen molar-refractivity contribution in [3.05, 3.63) is 0 Å². The Hall–Kier alpha value is -0.120. The standard InChI is InChI=1S/C14H27NO2/c1-5-13(6-2)12(3,4)11-15-14(17-13)7-9-16-10-8-14/h15H,5-11H2,1-4H3. The molecule has 2 saturated heterocycles. The van der Waals surface area contributed by atoms with Gasteiger partial charge in [-0.15, -0.1) is 0 Å². The van der Waals surface area contributed by atoms with Crippen LogP contribution in [0, 0.1) is 5.41 Å². The Labute approximate surface area is 105 Å².